The minimum Gasteiger partial charge on any atom is -0.492 e. The quantitative estimate of drug-likeness (QED) is 0.302. The molecule has 40 heavy (non-hydrogen) atoms. The van der Waals surface area contributed by atoms with Crippen molar-refractivity contribution in [3.8, 4) is 22.7 Å². The van der Waals surface area contributed by atoms with E-state index in [1.807, 2.05) is 50.0 Å². The molecule has 1 aromatic carbocycles. The molecule has 1 aliphatic rings. The van der Waals surface area contributed by atoms with Crippen LogP contribution in [-0.4, -0.2) is 69.4 Å². The molecule has 1 fully saturated rings. The SMILES string of the molecule is CCc1cc(C)nn1-c1ccc(C(=O)NC2(C(=O)O)CCCCC2)nc1-c1ccc(Cl)c(OCCCN(C)C)c1. The predicted molar refractivity (Wildman–Crippen MR) is 156 cm³/mol. The van der Waals surface area contributed by atoms with Gasteiger partial charge in [-0.2, -0.15) is 5.10 Å². The standard InChI is InChI=1S/C30H38ClN5O4/c1-5-22-18-20(2)34-36(22)25-13-12-24(28(37)33-30(29(38)39)14-7-6-8-15-30)32-27(25)21-10-11-23(31)26(19-21)40-17-9-16-35(3)4/h10-13,18-19H,5-9,14-17H2,1-4H3,(H,33,37)(H,38,39). The van der Waals surface area contributed by atoms with Crippen LogP contribution in [0.1, 0.15) is 67.3 Å². The van der Waals surface area contributed by atoms with E-state index >= 15 is 0 Å². The number of hydrogen-bond acceptors (Lipinski definition) is 6. The Morgan fingerprint density at radius 3 is 2.58 bits per heavy atom. The predicted octanol–water partition coefficient (Wildman–Crippen LogP) is 5.31. The summed E-state index contributed by atoms with van der Waals surface area (Å²) in [4.78, 5) is 32.5. The van der Waals surface area contributed by atoms with Gasteiger partial charge in [-0.05, 0) is 77.0 Å². The highest BCUT2D eigenvalue weighted by Gasteiger charge is 2.41. The molecule has 10 heteroatoms. The summed E-state index contributed by atoms with van der Waals surface area (Å²) in [5, 5.41) is 17.9. The lowest BCUT2D eigenvalue weighted by Crippen LogP contribution is -2.55. The zero-order chi connectivity index (χ0) is 28.9. The Morgan fingerprint density at radius 1 is 1.15 bits per heavy atom. The molecule has 1 amide bonds. The first-order valence-electron chi connectivity index (χ1n) is 13.8. The number of amides is 1. The molecule has 0 unspecified atom stereocenters. The van der Waals surface area contributed by atoms with Crippen LogP contribution >= 0.6 is 11.6 Å². The number of pyridine rings is 1. The number of halogens is 1. The van der Waals surface area contributed by atoms with Crippen molar-refractivity contribution in [3.05, 3.63) is 58.5 Å². The first-order valence-corrected chi connectivity index (χ1v) is 14.2. The van der Waals surface area contributed by atoms with Gasteiger partial charge in [0.05, 0.1) is 28.7 Å². The fourth-order valence-electron chi connectivity index (χ4n) is 5.13. The van der Waals surface area contributed by atoms with Crippen molar-refractivity contribution in [1.82, 2.24) is 25.0 Å². The molecular formula is C30H38ClN5O4. The van der Waals surface area contributed by atoms with Crippen molar-refractivity contribution in [2.24, 2.45) is 0 Å². The maximum absolute atomic E-state index is 13.4. The number of benzene rings is 1. The van der Waals surface area contributed by atoms with Gasteiger partial charge in [-0.1, -0.05) is 43.9 Å². The molecule has 0 saturated heterocycles. The highest BCUT2D eigenvalue weighted by Crippen LogP contribution is 2.34. The Balaban J connectivity index is 1.74. The average Bonchev–Trinajstić information content (AvgIpc) is 3.32. The van der Waals surface area contributed by atoms with Crippen LogP contribution < -0.4 is 10.1 Å². The number of carbonyl (C=O) groups is 2. The molecule has 0 spiro atoms. The number of nitrogens with zero attached hydrogens (tertiary/aromatic N) is 4. The monoisotopic (exact) mass is 567 g/mol. The third-order valence-corrected chi connectivity index (χ3v) is 7.60. The van der Waals surface area contributed by atoms with Crippen LogP contribution in [0, 0.1) is 6.92 Å². The molecule has 0 aliphatic heterocycles. The summed E-state index contributed by atoms with van der Waals surface area (Å²) in [5.41, 5.74) is 2.65. The van der Waals surface area contributed by atoms with E-state index in [-0.39, 0.29) is 5.69 Å². The van der Waals surface area contributed by atoms with Crippen LogP contribution in [0.25, 0.3) is 16.9 Å². The molecule has 2 N–H and O–H groups in total. The molecule has 9 nitrogen and oxygen atoms in total. The molecule has 0 bridgehead atoms. The van der Waals surface area contributed by atoms with Gasteiger partial charge in [-0.3, -0.25) is 4.79 Å². The molecule has 3 aromatic rings. The topological polar surface area (TPSA) is 110 Å². The molecule has 4 rings (SSSR count). The smallest absolute Gasteiger partial charge is 0.329 e. The molecule has 1 aliphatic carbocycles. The fourth-order valence-corrected chi connectivity index (χ4v) is 5.30. The molecule has 0 radical (unpaired) electrons. The molecular weight excluding hydrogens is 530 g/mol. The Morgan fingerprint density at radius 2 is 1.90 bits per heavy atom. The van der Waals surface area contributed by atoms with Crippen molar-refractivity contribution in [3.63, 3.8) is 0 Å². The lowest BCUT2D eigenvalue weighted by molar-refractivity contribution is -0.145. The Labute approximate surface area is 240 Å². The van der Waals surface area contributed by atoms with Crippen LogP contribution in [0.2, 0.25) is 5.02 Å². The van der Waals surface area contributed by atoms with E-state index in [9.17, 15) is 14.7 Å². The van der Waals surface area contributed by atoms with Gasteiger partial charge in [0.1, 0.15) is 17.0 Å². The van der Waals surface area contributed by atoms with Gasteiger partial charge in [-0.15, -0.1) is 0 Å². The number of aryl methyl sites for hydroxylation is 2. The van der Waals surface area contributed by atoms with E-state index in [4.69, 9.17) is 26.4 Å². The molecule has 2 heterocycles. The molecule has 2 aromatic heterocycles. The highest BCUT2D eigenvalue weighted by molar-refractivity contribution is 6.32. The third-order valence-electron chi connectivity index (χ3n) is 7.28. The van der Waals surface area contributed by atoms with Crippen LogP contribution in [0.4, 0.5) is 0 Å². The number of carbonyl (C=O) groups excluding carboxylic acids is 1. The first-order chi connectivity index (χ1) is 19.1. The maximum atomic E-state index is 13.4. The van der Waals surface area contributed by atoms with E-state index in [0.717, 1.165) is 50.0 Å². The lowest BCUT2D eigenvalue weighted by atomic mass is 9.81. The first kappa shape index (κ1) is 29.6. The number of carboxylic acid groups (broad SMARTS) is 1. The number of aromatic nitrogens is 3. The van der Waals surface area contributed by atoms with Crippen LogP contribution in [0.5, 0.6) is 5.75 Å². The number of aliphatic carboxylic acids is 1. The van der Waals surface area contributed by atoms with Crippen LogP contribution in [-0.2, 0) is 11.2 Å². The largest absolute Gasteiger partial charge is 0.492 e. The molecule has 1 saturated carbocycles. The van der Waals surface area contributed by atoms with Gasteiger partial charge >= 0.3 is 5.97 Å². The second-order valence-corrected chi connectivity index (χ2v) is 11.1. The summed E-state index contributed by atoms with van der Waals surface area (Å²) < 4.78 is 7.85. The normalized spacial score (nSPS) is 14.8. The van der Waals surface area contributed by atoms with Crippen molar-refractivity contribution in [2.75, 3.05) is 27.2 Å². The summed E-state index contributed by atoms with van der Waals surface area (Å²) in [5.74, 6) is -0.996. The zero-order valence-corrected chi connectivity index (χ0v) is 24.4. The Kier molecular flexibility index (Phi) is 9.48. The summed E-state index contributed by atoms with van der Waals surface area (Å²) in [6.45, 7) is 5.37. The summed E-state index contributed by atoms with van der Waals surface area (Å²) in [6, 6.07) is 10.9. The number of carboxylic acids is 1. The number of nitrogens with one attached hydrogen (secondary N) is 1. The Bertz CT molecular complexity index is 1360. The second kappa shape index (κ2) is 12.8. The second-order valence-electron chi connectivity index (χ2n) is 10.7. The van der Waals surface area contributed by atoms with Crippen LogP contribution in [0.15, 0.2) is 36.4 Å². The zero-order valence-electron chi connectivity index (χ0n) is 23.7. The van der Waals surface area contributed by atoms with E-state index in [2.05, 4.69) is 17.1 Å². The van der Waals surface area contributed by atoms with Crippen molar-refractivity contribution < 1.29 is 19.4 Å². The van der Waals surface area contributed by atoms with Crippen molar-refractivity contribution in [1.29, 1.82) is 0 Å². The number of ether oxygens (including phenoxy) is 1. The summed E-state index contributed by atoms with van der Waals surface area (Å²) >= 11 is 6.48. The average molecular weight is 568 g/mol. The summed E-state index contributed by atoms with van der Waals surface area (Å²) in [6.07, 6.45) is 4.86. The minimum atomic E-state index is -1.28. The lowest BCUT2D eigenvalue weighted by Gasteiger charge is -2.33. The number of hydrogen-bond donors (Lipinski definition) is 2. The minimum absolute atomic E-state index is 0.135. The Hall–Kier alpha value is -3.43. The van der Waals surface area contributed by atoms with E-state index in [1.165, 1.54) is 0 Å². The van der Waals surface area contributed by atoms with Crippen molar-refractivity contribution in [2.45, 2.75) is 64.3 Å². The van der Waals surface area contributed by atoms with E-state index in [0.29, 0.717) is 47.2 Å². The van der Waals surface area contributed by atoms with Gasteiger partial charge in [0.15, 0.2) is 0 Å². The van der Waals surface area contributed by atoms with Gasteiger partial charge in [-0.25, -0.2) is 14.5 Å². The molecule has 0 atom stereocenters. The fraction of sp³-hybridized carbons (Fsp3) is 0.467. The number of rotatable bonds is 11. The summed E-state index contributed by atoms with van der Waals surface area (Å²) in [7, 11) is 4.02. The van der Waals surface area contributed by atoms with Crippen LogP contribution in [0.3, 0.4) is 0 Å². The van der Waals surface area contributed by atoms with Gasteiger partial charge in [0.2, 0.25) is 0 Å². The third kappa shape index (κ3) is 6.64. The van der Waals surface area contributed by atoms with Crippen molar-refractivity contribution >= 4 is 23.5 Å². The maximum Gasteiger partial charge on any atom is 0.329 e. The van der Waals surface area contributed by atoms with Gasteiger partial charge in [0.25, 0.3) is 5.91 Å². The highest BCUT2D eigenvalue weighted by atomic mass is 35.5. The van der Waals surface area contributed by atoms with E-state index in [1.54, 1.807) is 12.1 Å². The van der Waals surface area contributed by atoms with Gasteiger partial charge in [0, 0.05) is 17.8 Å². The van der Waals surface area contributed by atoms with E-state index < -0.39 is 17.4 Å². The molecule has 214 valence electrons. The van der Waals surface area contributed by atoms with Gasteiger partial charge < -0.3 is 20.1 Å².